The van der Waals surface area contributed by atoms with E-state index in [9.17, 15) is 14.0 Å². The van der Waals surface area contributed by atoms with Crippen LogP contribution in [0.2, 0.25) is 0 Å². The van der Waals surface area contributed by atoms with E-state index in [0.29, 0.717) is 6.42 Å². The van der Waals surface area contributed by atoms with E-state index in [1.807, 2.05) is 0 Å². The van der Waals surface area contributed by atoms with Crippen molar-refractivity contribution in [3.63, 3.8) is 0 Å². The lowest BCUT2D eigenvalue weighted by Gasteiger charge is -2.12. The standard InChI is InChI=1S/C12H15FN2O3/c1-3-9(14)11(16)15-10-5-4-7(13)6-8(10)12(17)18-2/h4-6,9H,3,14H2,1-2H3,(H,15,16)/t9-/m1/s1. The van der Waals surface area contributed by atoms with Crippen molar-refractivity contribution >= 4 is 17.6 Å². The predicted octanol–water partition coefficient (Wildman–Crippen LogP) is 1.29. The Morgan fingerprint density at radius 3 is 2.72 bits per heavy atom. The summed E-state index contributed by atoms with van der Waals surface area (Å²) in [5.41, 5.74) is 5.68. The molecule has 0 aliphatic heterocycles. The van der Waals surface area contributed by atoms with Gasteiger partial charge in [0, 0.05) is 0 Å². The zero-order valence-electron chi connectivity index (χ0n) is 10.2. The average molecular weight is 254 g/mol. The van der Waals surface area contributed by atoms with Gasteiger partial charge in [-0.15, -0.1) is 0 Å². The molecule has 0 saturated carbocycles. The van der Waals surface area contributed by atoms with Gasteiger partial charge in [0.1, 0.15) is 5.82 Å². The molecule has 3 N–H and O–H groups in total. The maximum atomic E-state index is 13.1. The van der Waals surface area contributed by atoms with Crippen molar-refractivity contribution < 1.29 is 18.7 Å². The van der Waals surface area contributed by atoms with Crippen molar-refractivity contribution in [1.82, 2.24) is 0 Å². The van der Waals surface area contributed by atoms with Gasteiger partial charge in [-0.2, -0.15) is 0 Å². The van der Waals surface area contributed by atoms with Crippen molar-refractivity contribution in [2.75, 3.05) is 12.4 Å². The van der Waals surface area contributed by atoms with Gasteiger partial charge in [-0.3, -0.25) is 4.79 Å². The highest BCUT2D eigenvalue weighted by atomic mass is 19.1. The molecule has 1 aromatic carbocycles. The summed E-state index contributed by atoms with van der Waals surface area (Å²) in [7, 11) is 1.18. The van der Waals surface area contributed by atoms with Crippen molar-refractivity contribution in [3.05, 3.63) is 29.6 Å². The lowest BCUT2D eigenvalue weighted by molar-refractivity contribution is -0.117. The third-order valence-corrected chi connectivity index (χ3v) is 2.42. The Bertz CT molecular complexity index is 463. The van der Waals surface area contributed by atoms with Gasteiger partial charge in [0.05, 0.1) is 24.4 Å². The SMILES string of the molecule is CC[C@@H](N)C(=O)Nc1ccc(F)cc1C(=O)OC. The number of nitrogens with one attached hydrogen (secondary N) is 1. The summed E-state index contributed by atoms with van der Waals surface area (Å²) in [5, 5.41) is 2.47. The van der Waals surface area contributed by atoms with Crippen LogP contribution in [0, 0.1) is 5.82 Å². The van der Waals surface area contributed by atoms with Gasteiger partial charge in [-0.1, -0.05) is 6.92 Å². The molecule has 1 atom stereocenters. The van der Waals surface area contributed by atoms with E-state index in [1.165, 1.54) is 13.2 Å². The molecule has 0 fully saturated rings. The maximum absolute atomic E-state index is 13.1. The minimum Gasteiger partial charge on any atom is -0.465 e. The van der Waals surface area contributed by atoms with Crippen LogP contribution in [0.5, 0.6) is 0 Å². The Labute approximate surface area is 104 Å². The van der Waals surface area contributed by atoms with Gasteiger partial charge in [0.25, 0.3) is 0 Å². The molecule has 1 aromatic rings. The number of halogens is 1. The van der Waals surface area contributed by atoms with Crippen LogP contribution in [0.15, 0.2) is 18.2 Å². The molecule has 0 aliphatic carbocycles. The zero-order valence-corrected chi connectivity index (χ0v) is 10.2. The van der Waals surface area contributed by atoms with Crippen LogP contribution in [0.25, 0.3) is 0 Å². The third-order valence-electron chi connectivity index (χ3n) is 2.42. The number of hydrogen-bond acceptors (Lipinski definition) is 4. The Balaban J connectivity index is 3.01. The highest BCUT2D eigenvalue weighted by Crippen LogP contribution is 2.18. The van der Waals surface area contributed by atoms with Crippen molar-refractivity contribution in [1.29, 1.82) is 0 Å². The van der Waals surface area contributed by atoms with Crippen LogP contribution >= 0.6 is 0 Å². The second kappa shape index (κ2) is 6.11. The summed E-state index contributed by atoms with van der Waals surface area (Å²) < 4.78 is 17.6. The molecule has 0 radical (unpaired) electrons. The van der Waals surface area contributed by atoms with E-state index in [0.717, 1.165) is 12.1 Å². The number of carbonyl (C=O) groups excluding carboxylic acids is 2. The van der Waals surface area contributed by atoms with E-state index >= 15 is 0 Å². The maximum Gasteiger partial charge on any atom is 0.340 e. The van der Waals surface area contributed by atoms with Gasteiger partial charge in [0.2, 0.25) is 5.91 Å². The number of ether oxygens (including phenoxy) is 1. The Kier molecular flexibility index (Phi) is 4.79. The fourth-order valence-corrected chi connectivity index (χ4v) is 1.32. The first-order valence-electron chi connectivity index (χ1n) is 5.44. The van der Waals surface area contributed by atoms with Gasteiger partial charge >= 0.3 is 5.97 Å². The van der Waals surface area contributed by atoms with Gasteiger partial charge < -0.3 is 15.8 Å². The highest BCUT2D eigenvalue weighted by molar-refractivity contribution is 6.02. The van der Waals surface area contributed by atoms with Crippen LogP contribution in [0.4, 0.5) is 10.1 Å². The average Bonchev–Trinajstić information content (AvgIpc) is 2.38. The molecular weight excluding hydrogens is 239 g/mol. The molecule has 98 valence electrons. The topological polar surface area (TPSA) is 81.4 Å². The fraction of sp³-hybridized carbons (Fsp3) is 0.333. The number of carbonyl (C=O) groups is 2. The van der Waals surface area contributed by atoms with Gasteiger partial charge in [0.15, 0.2) is 0 Å². The second-order valence-corrected chi connectivity index (χ2v) is 3.69. The van der Waals surface area contributed by atoms with Crippen molar-refractivity contribution in [2.45, 2.75) is 19.4 Å². The van der Waals surface area contributed by atoms with E-state index < -0.39 is 23.7 Å². The number of nitrogens with two attached hydrogens (primary N) is 1. The largest absolute Gasteiger partial charge is 0.465 e. The van der Waals surface area contributed by atoms with Gasteiger partial charge in [-0.25, -0.2) is 9.18 Å². The number of amides is 1. The molecule has 0 spiro atoms. The molecule has 0 bridgehead atoms. The van der Waals surface area contributed by atoms with Crippen LogP contribution in [-0.4, -0.2) is 25.0 Å². The predicted molar refractivity (Wildman–Crippen MR) is 64.6 cm³/mol. The molecule has 0 saturated heterocycles. The second-order valence-electron chi connectivity index (χ2n) is 3.69. The number of rotatable bonds is 4. The molecule has 0 aliphatic rings. The molecule has 6 heteroatoms. The number of esters is 1. The molecule has 5 nitrogen and oxygen atoms in total. The Hall–Kier alpha value is -1.95. The highest BCUT2D eigenvalue weighted by Gasteiger charge is 2.17. The molecule has 1 amide bonds. The van der Waals surface area contributed by atoms with E-state index in [-0.39, 0.29) is 11.3 Å². The molecule has 0 heterocycles. The summed E-state index contributed by atoms with van der Waals surface area (Å²) in [6.45, 7) is 1.76. The van der Waals surface area contributed by atoms with Gasteiger partial charge in [-0.05, 0) is 24.6 Å². The van der Waals surface area contributed by atoms with Crippen LogP contribution in [0.1, 0.15) is 23.7 Å². The Morgan fingerprint density at radius 2 is 2.17 bits per heavy atom. The first-order chi connectivity index (χ1) is 8.49. The summed E-state index contributed by atoms with van der Waals surface area (Å²) >= 11 is 0. The van der Waals surface area contributed by atoms with Crippen LogP contribution in [0.3, 0.4) is 0 Å². The van der Waals surface area contributed by atoms with Crippen molar-refractivity contribution in [2.24, 2.45) is 5.73 Å². The van der Waals surface area contributed by atoms with E-state index in [2.05, 4.69) is 10.1 Å². The normalized spacial score (nSPS) is 11.8. The molecule has 0 aromatic heterocycles. The minimum atomic E-state index is -0.727. The summed E-state index contributed by atoms with van der Waals surface area (Å²) in [5.74, 6) is -1.75. The minimum absolute atomic E-state index is 0.0471. The molecule has 1 rings (SSSR count). The molecular formula is C12H15FN2O3. The first kappa shape index (κ1) is 14.1. The monoisotopic (exact) mass is 254 g/mol. The lowest BCUT2D eigenvalue weighted by Crippen LogP contribution is -2.35. The van der Waals surface area contributed by atoms with E-state index in [1.54, 1.807) is 6.92 Å². The summed E-state index contributed by atoms with van der Waals surface area (Å²) in [6.07, 6.45) is 0.459. The van der Waals surface area contributed by atoms with E-state index in [4.69, 9.17) is 5.73 Å². The number of methoxy groups -OCH3 is 1. The van der Waals surface area contributed by atoms with Crippen molar-refractivity contribution in [3.8, 4) is 0 Å². The number of benzene rings is 1. The zero-order chi connectivity index (χ0) is 13.7. The third kappa shape index (κ3) is 3.27. The van der Waals surface area contributed by atoms with Crippen LogP contribution < -0.4 is 11.1 Å². The lowest BCUT2D eigenvalue weighted by atomic mass is 10.1. The smallest absolute Gasteiger partial charge is 0.340 e. The first-order valence-corrected chi connectivity index (χ1v) is 5.44. The number of anilines is 1. The quantitative estimate of drug-likeness (QED) is 0.793. The Morgan fingerprint density at radius 1 is 1.50 bits per heavy atom. The summed E-state index contributed by atoms with van der Waals surface area (Å²) in [4.78, 5) is 23.0. The molecule has 18 heavy (non-hydrogen) atoms. The molecule has 0 unspecified atom stereocenters. The summed E-state index contributed by atoms with van der Waals surface area (Å²) in [6, 6.07) is 2.75. The van der Waals surface area contributed by atoms with Crippen LogP contribution in [-0.2, 0) is 9.53 Å². The fourth-order valence-electron chi connectivity index (χ4n) is 1.32. The number of hydrogen-bond donors (Lipinski definition) is 2.